The number of unbranched alkanes of at least 4 members (excludes halogenated alkanes) is 8. The number of aldehydes is 1. The van der Waals surface area contributed by atoms with E-state index in [0.29, 0.717) is 32.1 Å². The molecule has 0 radical (unpaired) electrons. The molecule has 0 aromatic heterocycles. The zero-order chi connectivity index (χ0) is 56.9. The number of hydrogen-bond acceptors (Lipinski definition) is 18. The summed E-state index contributed by atoms with van der Waals surface area (Å²) >= 11 is 0. The smallest absolute Gasteiger partial charge is 0.317 e. The van der Waals surface area contributed by atoms with Crippen LogP contribution in [0.25, 0.3) is 0 Å². The molecule has 444 valence electrons. The van der Waals surface area contributed by atoms with Crippen LogP contribution in [0.2, 0.25) is 0 Å². The fourth-order valence-electron chi connectivity index (χ4n) is 16.4. The maximum Gasteiger partial charge on any atom is 0.317 e. The molecule has 1 amide bonds. The Hall–Kier alpha value is -2.79. The van der Waals surface area contributed by atoms with Gasteiger partial charge in [-0.15, -0.1) is 0 Å². The summed E-state index contributed by atoms with van der Waals surface area (Å²) in [4.78, 5) is 42.1. The summed E-state index contributed by atoms with van der Waals surface area (Å²) < 4.78 is 36.2. The van der Waals surface area contributed by atoms with Crippen LogP contribution in [-0.2, 0) is 42.8 Å². The van der Waals surface area contributed by atoms with E-state index in [1.165, 1.54) is 32.6 Å². The lowest BCUT2D eigenvalue weighted by atomic mass is 9.33. The topological polar surface area (TPSA) is 301 Å². The zero-order valence-corrected chi connectivity index (χ0v) is 47.5. The first kappa shape index (κ1) is 61.3. The summed E-state index contributed by atoms with van der Waals surface area (Å²) in [6, 6.07) is -1.33. The van der Waals surface area contributed by atoms with Crippen molar-refractivity contribution in [2.75, 3.05) is 13.2 Å². The van der Waals surface area contributed by atoms with Gasteiger partial charge in [0.15, 0.2) is 11.9 Å². The second-order valence-electron chi connectivity index (χ2n) is 26.6. The minimum absolute atomic E-state index is 0.0369. The molecule has 6 fully saturated rings. The number of fused-ring (bicyclic) bond motifs is 7. The van der Waals surface area contributed by atoms with Crippen LogP contribution in [0.4, 0.5) is 0 Å². The van der Waals surface area contributed by atoms with Crippen molar-refractivity contribution in [3.63, 3.8) is 0 Å². The first-order chi connectivity index (χ1) is 36.8. The van der Waals surface area contributed by atoms with Crippen LogP contribution in [0, 0.1) is 50.2 Å². The van der Waals surface area contributed by atoms with E-state index in [4.69, 9.17) is 28.4 Å². The number of esters is 1. The van der Waals surface area contributed by atoms with Gasteiger partial charge in [-0.2, -0.15) is 0 Å². The van der Waals surface area contributed by atoms with E-state index in [9.17, 15) is 55.5 Å². The van der Waals surface area contributed by atoms with E-state index < -0.39 is 133 Å². The Morgan fingerprint density at radius 1 is 0.769 bits per heavy atom. The van der Waals surface area contributed by atoms with E-state index in [2.05, 4.69) is 52.9 Å². The van der Waals surface area contributed by atoms with Crippen LogP contribution in [-0.4, -0.2) is 163 Å². The summed E-state index contributed by atoms with van der Waals surface area (Å²) in [5, 5.41) is 104. The standard InChI is InChI=1S/C59H95NO18/c1-9-10-11-12-13-14-15-16-17-18-41(66)60-42-36(29-61)75-52(49(44(42)68)77-51-47(71)45(69)48(32(2)74-51)76-50-46(70)43(67)35(63)30-73-50)78-53(72)59-26-25-54(3,4)27-34(59)33-19-20-38-55(5)23-22-39(64)56(6,31-62)37(55)21-24-57(38,7)58(33,8)28-40(59)65/h19,31,34-40,42-47,49-52,61,63-65,67-71H,9-18,20-30H2,1-8H3,(H,60,66)/t34?,35-,36?,37?,38?,39+,40?,42+,43?,44?,45?,46?,47?,49?,50+,51+,52+,55?,56?,57?,58?,59-/m1/s1. The first-order valence-corrected chi connectivity index (χ1v) is 29.5. The van der Waals surface area contributed by atoms with Gasteiger partial charge in [0, 0.05) is 6.42 Å². The van der Waals surface area contributed by atoms with Crippen molar-refractivity contribution >= 4 is 18.2 Å². The van der Waals surface area contributed by atoms with Crippen LogP contribution in [0.5, 0.6) is 0 Å². The minimum atomic E-state index is -1.98. The van der Waals surface area contributed by atoms with Gasteiger partial charge in [-0.25, -0.2) is 0 Å². The number of allylic oxidation sites excluding steroid dienone is 3. The van der Waals surface area contributed by atoms with Crippen molar-refractivity contribution in [3.05, 3.63) is 23.2 Å². The van der Waals surface area contributed by atoms with Crippen molar-refractivity contribution in [2.24, 2.45) is 50.2 Å². The zero-order valence-electron chi connectivity index (χ0n) is 47.5. The number of rotatable bonds is 19. The minimum Gasteiger partial charge on any atom is -0.463 e. The third kappa shape index (κ3) is 10.9. The van der Waals surface area contributed by atoms with Crippen LogP contribution in [0.15, 0.2) is 23.2 Å². The summed E-state index contributed by atoms with van der Waals surface area (Å²) in [7, 11) is 0. The molecular weight excluding hydrogens is 1010 g/mol. The monoisotopic (exact) mass is 1110 g/mol. The van der Waals surface area contributed by atoms with Crippen LogP contribution in [0.3, 0.4) is 0 Å². The number of ether oxygens (including phenoxy) is 6. The highest BCUT2D eigenvalue weighted by Gasteiger charge is 2.72. The number of hydrogen-bond donors (Lipinski definition) is 10. The number of amides is 1. The second-order valence-corrected chi connectivity index (χ2v) is 26.6. The molecule has 10 N–H and O–H groups in total. The molecular formula is C59H95NO18. The van der Waals surface area contributed by atoms with Gasteiger partial charge < -0.3 is 84.5 Å². The molecule has 19 heteroatoms. The van der Waals surface area contributed by atoms with Gasteiger partial charge in [0.1, 0.15) is 60.2 Å². The Bertz CT molecular complexity index is 2190. The Morgan fingerprint density at radius 3 is 2.12 bits per heavy atom. The number of aliphatic hydroxyl groups excluding tert-OH is 9. The average Bonchev–Trinajstić information content (AvgIpc) is 3.23. The van der Waals surface area contributed by atoms with Gasteiger partial charge in [0.25, 0.3) is 0 Å². The van der Waals surface area contributed by atoms with E-state index in [0.717, 1.165) is 56.8 Å². The molecule has 22 atom stereocenters. The van der Waals surface area contributed by atoms with E-state index in [-0.39, 0.29) is 58.9 Å². The van der Waals surface area contributed by atoms with E-state index in [1.807, 2.05) is 6.92 Å². The lowest BCUT2D eigenvalue weighted by molar-refractivity contribution is -0.330. The van der Waals surface area contributed by atoms with Gasteiger partial charge >= 0.3 is 5.97 Å². The summed E-state index contributed by atoms with van der Waals surface area (Å²) in [5.74, 6) is -2.21. The molecule has 78 heavy (non-hydrogen) atoms. The molecule has 15 unspecified atom stereocenters. The molecule has 3 aliphatic heterocycles. The summed E-state index contributed by atoms with van der Waals surface area (Å²) in [6.45, 7) is 15.4. The van der Waals surface area contributed by atoms with Crippen molar-refractivity contribution in [1.82, 2.24) is 5.32 Å². The molecule has 8 rings (SSSR count). The van der Waals surface area contributed by atoms with Crippen LogP contribution >= 0.6 is 0 Å². The lowest BCUT2D eigenvalue weighted by Gasteiger charge is -2.71. The highest BCUT2D eigenvalue weighted by molar-refractivity contribution is 5.80. The highest BCUT2D eigenvalue weighted by atomic mass is 16.8. The number of carbonyl (C=O) groups is 3. The number of nitrogens with one attached hydrogen (secondary N) is 1. The van der Waals surface area contributed by atoms with Gasteiger partial charge in [-0.3, -0.25) is 9.59 Å². The number of carbonyl (C=O) groups excluding carboxylic acids is 3. The highest BCUT2D eigenvalue weighted by Crippen LogP contribution is 2.76. The summed E-state index contributed by atoms with van der Waals surface area (Å²) in [6.07, 6.45) is -3.07. The SMILES string of the molecule is CCCCCCCCCCCC(=O)N[C@H]1C(CO)O[C@@H](OC(=O)[C@]23CCC(C)(C)CC2C2=CCC4C5(C)CC[C@H](O)C(C)(C=O)C5CCC4(C)C2(C)CC3O)C(O[C@@H]2OC(C)=C(O[C@@H]3OC[C@@H](O)C(O)C3O)C(O)C2O)C1O. The Balaban J connectivity index is 1.07. The lowest BCUT2D eigenvalue weighted by Crippen LogP contribution is -2.69. The first-order valence-electron chi connectivity index (χ1n) is 29.5. The van der Waals surface area contributed by atoms with Crippen molar-refractivity contribution < 1.29 is 88.8 Å². The third-order valence-corrected chi connectivity index (χ3v) is 21.4. The maximum absolute atomic E-state index is 15.7. The van der Waals surface area contributed by atoms with Gasteiger partial charge in [-0.05, 0) is 111 Å². The molecule has 8 aliphatic rings. The predicted molar refractivity (Wildman–Crippen MR) is 282 cm³/mol. The molecule has 0 spiro atoms. The van der Waals surface area contributed by atoms with Crippen LogP contribution in [0.1, 0.15) is 177 Å². The Morgan fingerprint density at radius 2 is 1.45 bits per heavy atom. The quantitative estimate of drug-likeness (QED) is 0.0369. The molecule has 4 saturated carbocycles. The molecule has 0 aromatic rings. The fraction of sp³-hybridized carbons (Fsp3) is 0.881. The average molecular weight is 1110 g/mol. The largest absolute Gasteiger partial charge is 0.463 e. The van der Waals surface area contributed by atoms with E-state index in [1.54, 1.807) is 0 Å². The van der Waals surface area contributed by atoms with E-state index >= 15 is 4.79 Å². The summed E-state index contributed by atoms with van der Waals surface area (Å²) in [5.41, 5.74) is -2.80. The van der Waals surface area contributed by atoms with Crippen molar-refractivity contribution in [3.8, 4) is 0 Å². The Kier molecular flexibility index (Phi) is 18.7. The fourth-order valence-corrected chi connectivity index (χ4v) is 16.4. The third-order valence-electron chi connectivity index (χ3n) is 21.4. The molecule has 5 aliphatic carbocycles. The van der Waals surface area contributed by atoms with Crippen molar-refractivity contribution in [2.45, 2.75) is 263 Å². The maximum atomic E-state index is 15.7. The van der Waals surface area contributed by atoms with Gasteiger partial charge in [-0.1, -0.05) is 111 Å². The normalized spacial score (nSPS) is 46.0. The number of aliphatic hydroxyl groups is 9. The van der Waals surface area contributed by atoms with Gasteiger partial charge in [0.2, 0.25) is 24.8 Å². The molecule has 19 nitrogen and oxygen atoms in total. The molecule has 0 bridgehead atoms. The molecule has 2 saturated heterocycles. The molecule has 0 aromatic carbocycles. The Labute approximate surface area is 460 Å². The van der Waals surface area contributed by atoms with Crippen LogP contribution < -0.4 is 5.32 Å². The second kappa shape index (κ2) is 23.8. The predicted octanol–water partition coefficient (Wildman–Crippen LogP) is 4.48. The van der Waals surface area contributed by atoms with Crippen molar-refractivity contribution in [1.29, 1.82) is 0 Å². The van der Waals surface area contributed by atoms with Gasteiger partial charge in [0.05, 0.1) is 36.9 Å². The molecule has 3 heterocycles.